The number of aromatic amines is 1. The van der Waals surface area contributed by atoms with Crippen LogP contribution in [0.4, 0.5) is 0 Å². The van der Waals surface area contributed by atoms with E-state index < -0.39 is 0 Å². The Hall–Kier alpha value is -1.61. The molecule has 0 saturated heterocycles. The van der Waals surface area contributed by atoms with E-state index in [1.807, 2.05) is 0 Å². The molecule has 0 bridgehead atoms. The molecule has 0 unspecified atom stereocenters. The zero-order valence-electron chi connectivity index (χ0n) is 9.97. The molecule has 0 amide bonds. The summed E-state index contributed by atoms with van der Waals surface area (Å²) < 4.78 is 2.36. The van der Waals surface area contributed by atoms with E-state index in [1.165, 1.54) is 21.7 Å². The molecule has 3 aromatic rings. The smallest absolute Gasteiger partial charge is 0.236 e. The SMILES string of the molecule is CC(C)[n+]1c(-c2cccs2)[nH]c2ccccc21. The topological polar surface area (TPSA) is 19.7 Å². The minimum absolute atomic E-state index is 0.447. The van der Waals surface area contributed by atoms with E-state index in [9.17, 15) is 0 Å². The average Bonchev–Trinajstić information content (AvgIpc) is 2.95. The molecule has 0 saturated carbocycles. The number of hydrogen-bond acceptors (Lipinski definition) is 1. The van der Waals surface area contributed by atoms with Crippen LogP contribution in [-0.2, 0) is 0 Å². The predicted octanol–water partition coefficient (Wildman–Crippen LogP) is 3.76. The van der Waals surface area contributed by atoms with Crippen molar-refractivity contribution >= 4 is 22.4 Å². The molecule has 1 aromatic carbocycles. The highest BCUT2D eigenvalue weighted by atomic mass is 32.1. The van der Waals surface area contributed by atoms with E-state index in [0.717, 1.165) is 0 Å². The Bertz CT molecular complexity index is 635. The van der Waals surface area contributed by atoms with Gasteiger partial charge < -0.3 is 0 Å². The molecule has 2 nitrogen and oxygen atoms in total. The Morgan fingerprint density at radius 2 is 1.94 bits per heavy atom. The normalized spacial score (nSPS) is 11.5. The number of rotatable bonds is 2. The molecule has 1 N–H and O–H groups in total. The molecular weight excluding hydrogens is 228 g/mol. The van der Waals surface area contributed by atoms with Crippen molar-refractivity contribution in [2.24, 2.45) is 0 Å². The van der Waals surface area contributed by atoms with Crippen molar-refractivity contribution in [1.29, 1.82) is 0 Å². The summed E-state index contributed by atoms with van der Waals surface area (Å²) in [5.74, 6) is 1.20. The lowest BCUT2D eigenvalue weighted by molar-refractivity contribution is -0.680. The van der Waals surface area contributed by atoms with E-state index in [1.54, 1.807) is 11.3 Å². The summed E-state index contributed by atoms with van der Waals surface area (Å²) in [7, 11) is 0. The van der Waals surface area contributed by atoms with Gasteiger partial charge in [0.1, 0.15) is 4.88 Å². The maximum absolute atomic E-state index is 3.52. The quantitative estimate of drug-likeness (QED) is 0.661. The van der Waals surface area contributed by atoms with Gasteiger partial charge in [-0.2, -0.15) is 0 Å². The first kappa shape index (κ1) is 10.5. The molecular formula is C14H15N2S+. The number of nitrogens with zero attached hydrogens (tertiary/aromatic N) is 1. The molecule has 86 valence electrons. The molecule has 17 heavy (non-hydrogen) atoms. The minimum Gasteiger partial charge on any atom is -0.236 e. The number of nitrogens with one attached hydrogen (secondary N) is 1. The monoisotopic (exact) mass is 243 g/mol. The first-order chi connectivity index (χ1) is 8.27. The van der Waals surface area contributed by atoms with Gasteiger partial charge in [0.25, 0.3) is 5.82 Å². The molecule has 0 spiro atoms. The van der Waals surface area contributed by atoms with Crippen LogP contribution in [0.5, 0.6) is 0 Å². The average molecular weight is 243 g/mol. The van der Waals surface area contributed by atoms with Gasteiger partial charge in [-0.05, 0) is 37.4 Å². The number of para-hydroxylation sites is 2. The number of thiophene rings is 1. The number of fused-ring (bicyclic) bond motifs is 1. The highest BCUT2D eigenvalue weighted by Crippen LogP contribution is 2.24. The second-order valence-corrected chi connectivity index (χ2v) is 5.38. The van der Waals surface area contributed by atoms with Gasteiger partial charge in [0.2, 0.25) is 0 Å². The van der Waals surface area contributed by atoms with Gasteiger partial charge in [-0.1, -0.05) is 18.2 Å². The van der Waals surface area contributed by atoms with Gasteiger partial charge in [-0.3, -0.25) is 0 Å². The van der Waals surface area contributed by atoms with Crippen LogP contribution in [-0.4, -0.2) is 4.98 Å². The molecule has 0 aliphatic rings. The van der Waals surface area contributed by atoms with Crippen molar-refractivity contribution in [3.05, 3.63) is 41.8 Å². The van der Waals surface area contributed by atoms with E-state index in [2.05, 4.69) is 65.2 Å². The first-order valence-corrected chi connectivity index (χ1v) is 6.71. The van der Waals surface area contributed by atoms with Crippen molar-refractivity contribution in [2.75, 3.05) is 0 Å². The largest absolute Gasteiger partial charge is 0.298 e. The lowest BCUT2D eigenvalue weighted by atomic mass is 10.3. The summed E-state index contributed by atoms with van der Waals surface area (Å²) in [6.07, 6.45) is 0. The Kier molecular flexibility index (Phi) is 2.48. The van der Waals surface area contributed by atoms with Crippen LogP contribution in [0.25, 0.3) is 21.7 Å². The fraction of sp³-hybridized carbons (Fsp3) is 0.214. The summed E-state index contributed by atoms with van der Waals surface area (Å²) in [4.78, 5) is 4.81. The third-order valence-corrected chi connectivity index (χ3v) is 3.81. The van der Waals surface area contributed by atoms with E-state index >= 15 is 0 Å². The van der Waals surface area contributed by atoms with Crippen molar-refractivity contribution in [2.45, 2.75) is 19.9 Å². The van der Waals surface area contributed by atoms with Gasteiger partial charge in [-0.25, -0.2) is 9.55 Å². The number of imidazole rings is 1. The standard InChI is InChI=1S/C14H14N2S/c1-10(2)16-12-7-4-3-6-11(12)15-14(16)13-8-5-9-17-13/h3-10H,1-2H3/p+1. The van der Waals surface area contributed by atoms with Crippen molar-refractivity contribution in [3.8, 4) is 10.7 Å². The van der Waals surface area contributed by atoms with Gasteiger partial charge in [0, 0.05) is 0 Å². The lowest BCUT2D eigenvalue weighted by Gasteiger charge is -2.03. The van der Waals surface area contributed by atoms with Crippen LogP contribution in [0.3, 0.4) is 0 Å². The van der Waals surface area contributed by atoms with Gasteiger partial charge in [0.15, 0.2) is 11.0 Å². The van der Waals surface area contributed by atoms with Crippen LogP contribution in [0.2, 0.25) is 0 Å². The molecule has 2 heterocycles. The van der Waals surface area contributed by atoms with Crippen LogP contribution < -0.4 is 4.57 Å². The second-order valence-electron chi connectivity index (χ2n) is 4.43. The fourth-order valence-electron chi connectivity index (χ4n) is 2.23. The second kappa shape index (κ2) is 4.00. The van der Waals surface area contributed by atoms with E-state index in [-0.39, 0.29) is 0 Å². The lowest BCUT2D eigenvalue weighted by Crippen LogP contribution is -2.37. The van der Waals surface area contributed by atoms with Crippen molar-refractivity contribution < 1.29 is 4.57 Å². The molecule has 3 rings (SSSR count). The highest BCUT2D eigenvalue weighted by Gasteiger charge is 2.22. The summed E-state index contributed by atoms with van der Waals surface area (Å²) in [6.45, 7) is 4.44. The zero-order chi connectivity index (χ0) is 11.8. The maximum atomic E-state index is 3.52. The Morgan fingerprint density at radius 1 is 1.12 bits per heavy atom. The van der Waals surface area contributed by atoms with Crippen LogP contribution in [0, 0.1) is 0 Å². The number of benzene rings is 1. The molecule has 0 radical (unpaired) electrons. The van der Waals surface area contributed by atoms with Gasteiger partial charge >= 0.3 is 0 Å². The summed E-state index contributed by atoms with van der Waals surface area (Å²) in [6, 6.07) is 13.2. The molecule has 0 aliphatic heterocycles. The van der Waals surface area contributed by atoms with E-state index in [4.69, 9.17) is 0 Å². The van der Waals surface area contributed by atoms with Gasteiger partial charge in [-0.15, -0.1) is 11.3 Å². The van der Waals surface area contributed by atoms with Gasteiger partial charge in [0.05, 0.1) is 6.04 Å². The Labute approximate surface area is 105 Å². The maximum Gasteiger partial charge on any atom is 0.298 e. The predicted molar refractivity (Wildman–Crippen MR) is 72.2 cm³/mol. The molecule has 2 aromatic heterocycles. The van der Waals surface area contributed by atoms with Crippen molar-refractivity contribution in [3.63, 3.8) is 0 Å². The zero-order valence-corrected chi connectivity index (χ0v) is 10.8. The first-order valence-electron chi connectivity index (χ1n) is 5.83. The summed E-state index contributed by atoms with van der Waals surface area (Å²) >= 11 is 1.77. The highest BCUT2D eigenvalue weighted by molar-refractivity contribution is 7.13. The third-order valence-electron chi connectivity index (χ3n) is 2.93. The molecule has 0 atom stereocenters. The molecule has 3 heteroatoms. The van der Waals surface area contributed by atoms with Crippen molar-refractivity contribution in [1.82, 2.24) is 4.98 Å². The van der Waals surface area contributed by atoms with E-state index in [0.29, 0.717) is 6.04 Å². The molecule has 0 fully saturated rings. The van der Waals surface area contributed by atoms with Crippen LogP contribution in [0.15, 0.2) is 41.8 Å². The van der Waals surface area contributed by atoms with Crippen LogP contribution in [0.1, 0.15) is 19.9 Å². The fourth-order valence-corrected chi connectivity index (χ4v) is 2.95. The number of H-pyrrole nitrogens is 1. The Morgan fingerprint density at radius 3 is 2.65 bits per heavy atom. The summed E-state index contributed by atoms with van der Waals surface area (Å²) in [5.41, 5.74) is 2.47. The van der Waals surface area contributed by atoms with Crippen LogP contribution >= 0.6 is 11.3 Å². The third kappa shape index (κ3) is 1.67. The minimum atomic E-state index is 0.447. The number of hydrogen-bond donors (Lipinski definition) is 1. The Balaban J connectivity index is 2.34. The summed E-state index contributed by atoms with van der Waals surface area (Å²) in [5, 5.41) is 2.12. The molecule has 0 aliphatic carbocycles. The number of aromatic nitrogens is 2.